The van der Waals surface area contributed by atoms with E-state index in [1.165, 1.54) is 0 Å². The van der Waals surface area contributed by atoms with Crippen LogP contribution in [0.25, 0.3) is 0 Å². The van der Waals surface area contributed by atoms with Crippen molar-refractivity contribution in [1.29, 1.82) is 0 Å². The smallest absolute Gasteiger partial charge is 0.254 e. The second kappa shape index (κ2) is 11.7. The molecule has 1 N–H and O–H groups in total. The van der Waals surface area contributed by atoms with Crippen LogP contribution in [0, 0.1) is 0 Å². The zero-order chi connectivity index (χ0) is 22.1. The van der Waals surface area contributed by atoms with E-state index in [0.29, 0.717) is 30.3 Å². The molecule has 1 aliphatic heterocycles. The highest BCUT2D eigenvalue weighted by Gasteiger charge is 2.29. The number of nitrogens with one attached hydrogen (secondary N) is 1. The van der Waals surface area contributed by atoms with Gasteiger partial charge in [0, 0.05) is 50.4 Å². The van der Waals surface area contributed by atoms with Crippen molar-refractivity contribution in [1.82, 2.24) is 10.2 Å². The standard InChI is InChI=1S/C25H34N2O4/c1-19(2)27(21-9-7-12-26-18-21)25(28)20-15-23(30-14-8-13-29-3)17-24(16-20)31-22-10-5-4-6-11-22/h4-6,10-11,15-17,19,21,26H,7-9,12-14,18H2,1-3H3/t21-/m1/s1. The van der Waals surface area contributed by atoms with Crippen LogP contribution in [0.15, 0.2) is 48.5 Å². The summed E-state index contributed by atoms with van der Waals surface area (Å²) in [7, 11) is 1.67. The Kier molecular flexibility index (Phi) is 8.74. The molecule has 1 aliphatic rings. The van der Waals surface area contributed by atoms with Crippen molar-refractivity contribution >= 4 is 5.91 Å². The van der Waals surface area contributed by atoms with Gasteiger partial charge in [-0.2, -0.15) is 0 Å². The quantitative estimate of drug-likeness (QED) is 0.567. The summed E-state index contributed by atoms with van der Waals surface area (Å²) in [6, 6.07) is 15.3. The zero-order valence-corrected chi connectivity index (χ0v) is 18.8. The SMILES string of the molecule is COCCCOc1cc(Oc2ccccc2)cc(C(=O)N(C(C)C)[C@@H]2CCCNC2)c1. The van der Waals surface area contributed by atoms with Crippen molar-refractivity contribution in [2.24, 2.45) is 0 Å². The summed E-state index contributed by atoms with van der Waals surface area (Å²) >= 11 is 0. The van der Waals surface area contributed by atoms with Crippen molar-refractivity contribution in [2.75, 3.05) is 33.4 Å². The number of hydrogen-bond donors (Lipinski definition) is 1. The van der Waals surface area contributed by atoms with Gasteiger partial charge in [0.1, 0.15) is 17.2 Å². The number of methoxy groups -OCH3 is 1. The molecule has 2 aromatic rings. The van der Waals surface area contributed by atoms with Gasteiger partial charge in [-0.25, -0.2) is 0 Å². The molecule has 168 valence electrons. The van der Waals surface area contributed by atoms with Crippen molar-refractivity contribution in [3.05, 3.63) is 54.1 Å². The third kappa shape index (κ3) is 6.71. The van der Waals surface area contributed by atoms with Crippen LogP contribution in [-0.4, -0.2) is 56.3 Å². The average Bonchev–Trinajstić information content (AvgIpc) is 2.78. The van der Waals surface area contributed by atoms with E-state index in [2.05, 4.69) is 19.2 Å². The number of piperidine rings is 1. The normalized spacial score (nSPS) is 16.2. The Bertz CT molecular complexity index is 820. The average molecular weight is 427 g/mol. The third-order valence-electron chi connectivity index (χ3n) is 5.32. The number of carbonyl (C=O) groups is 1. The first kappa shape index (κ1) is 23.1. The molecule has 0 radical (unpaired) electrons. The van der Waals surface area contributed by atoms with Crippen LogP contribution in [0.5, 0.6) is 17.2 Å². The van der Waals surface area contributed by atoms with Gasteiger partial charge in [0.05, 0.1) is 6.61 Å². The van der Waals surface area contributed by atoms with Gasteiger partial charge in [0.15, 0.2) is 0 Å². The first-order chi connectivity index (χ1) is 15.1. The molecule has 6 nitrogen and oxygen atoms in total. The lowest BCUT2D eigenvalue weighted by molar-refractivity contribution is 0.0572. The number of ether oxygens (including phenoxy) is 3. The summed E-state index contributed by atoms with van der Waals surface area (Å²) in [6.45, 7) is 7.11. The monoisotopic (exact) mass is 426 g/mol. The van der Waals surface area contributed by atoms with E-state index in [1.54, 1.807) is 7.11 Å². The van der Waals surface area contributed by atoms with Crippen LogP contribution in [0.3, 0.4) is 0 Å². The molecule has 0 aromatic heterocycles. The molecule has 0 unspecified atom stereocenters. The zero-order valence-electron chi connectivity index (χ0n) is 18.8. The van der Waals surface area contributed by atoms with Crippen LogP contribution in [0.4, 0.5) is 0 Å². The van der Waals surface area contributed by atoms with Gasteiger partial charge < -0.3 is 24.4 Å². The summed E-state index contributed by atoms with van der Waals surface area (Å²) in [4.78, 5) is 15.6. The van der Waals surface area contributed by atoms with Crippen molar-refractivity contribution in [3.8, 4) is 17.2 Å². The Balaban J connectivity index is 1.86. The van der Waals surface area contributed by atoms with E-state index in [1.807, 2.05) is 53.4 Å². The molecule has 3 rings (SSSR count). The predicted octanol–water partition coefficient (Wildman–Crippen LogP) is 4.50. The molecule has 1 saturated heterocycles. The van der Waals surface area contributed by atoms with E-state index in [4.69, 9.17) is 14.2 Å². The molecule has 1 fully saturated rings. The molecule has 1 atom stereocenters. The second-order valence-corrected chi connectivity index (χ2v) is 8.11. The summed E-state index contributed by atoms with van der Waals surface area (Å²) in [5.41, 5.74) is 0.578. The molecule has 1 amide bonds. The number of rotatable bonds is 10. The minimum Gasteiger partial charge on any atom is -0.493 e. The molecular formula is C25H34N2O4. The number of hydrogen-bond acceptors (Lipinski definition) is 5. The Labute approximate surface area is 185 Å². The summed E-state index contributed by atoms with van der Waals surface area (Å²) in [6.07, 6.45) is 2.86. The summed E-state index contributed by atoms with van der Waals surface area (Å²) in [5.74, 6) is 1.93. The number of nitrogens with zero attached hydrogens (tertiary/aromatic N) is 1. The third-order valence-corrected chi connectivity index (χ3v) is 5.32. The van der Waals surface area contributed by atoms with Crippen molar-refractivity contribution < 1.29 is 19.0 Å². The minimum atomic E-state index is 0.00366. The lowest BCUT2D eigenvalue weighted by Crippen LogP contribution is -2.51. The van der Waals surface area contributed by atoms with Gasteiger partial charge in [-0.3, -0.25) is 4.79 Å². The maximum Gasteiger partial charge on any atom is 0.254 e. The highest BCUT2D eigenvalue weighted by Crippen LogP contribution is 2.29. The molecule has 6 heteroatoms. The van der Waals surface area contributed by atoms with Crippen LogP contribution < -0.4 is 14.8 Å². The van der Waals surface area contributed by atoms with Gasteiger partial charge >= 0.3 is 0 Å². The minimum absolute atomic E-state index is 0.00366. The molecule has 0 spiro atoms. The molecular weight excluding hydrogens is 392 g/mol. The van der Waals surface area contributed by atoms with E-state index in [-0.39, 0.29) is 18.0 Å². The van der Waals surface area contributed by atoms with Gasteiger partial charge in [-0.05, 0) is 57.5 Å². The highest BCUT2D eigenvalue weighted by molar-refractivity contribution is 5.95. The van der Waals surface area contributed by atoms with Crippen LogP contribution in [0.2, 0.25) is 0 Å². The van der Waals surface area contributed by atoms with E-state index >= 15 is 0 Å². The van der Waals surface area contributed by atoms with Gasteiger partial charge in [0.2, 0.25) is 0 Å². The second-order valence-electron chi connectivity index (χ2n) is 8.11. The molecule has 1 heterocycles. The van der Waals surface area contributed by atoms with Crippen LogP contribution in [-0.2, 0) is 4.74 Å². The van der Waals surface area contributed by atoms with Gasteiger partial charge in [-0.15, -0.1) is 0 Å². The first-order valence-electron chi connectivity index (χ1n) is 11.1. The van der Waals surface area contributed by atoms with E-state index < -0.39 is 0 Å². The van der Waals surface area contributed by atoms with Crippen LogP contribution in [0.1, 0.15) is 43.5 Å². The van der Waals surface area contributed by atoms with Gasteiger partial charge in [0.25, 0.3) is 5.91 Å². The van der Waals surface area contributed by atoms with Crippen molar-refractivity contribution in [2.45, 2.75) is 45.2 Å². The lowest BCUT2D eigenvalue weighted by Gasteiger charge is -2.37. The maximum atomic E-state index is 13.6. The maximum absolute atomic E-state index is 13.6. The Hall–Kier alpha value is -2.57. The number of para-hydroxylation sites is 1. The molecule has 0 bridgehead atoms. The first-order valence-corrected chi connectivity index (χ1v) is 11.1. The molecule has 2 aromatic carbocycles. The Morgan fingerprint density at radius 3 is 2.55 bits per heavy atom. The summed E-state index contributed by atoms with van der Waals surface area (Å²) in [5, 5.41) is 3.42. The Morgan fingerprint density at radius 1 is 1.10 bits per heavy atom. The molecule has 31 heavy (non-hydrogen) atoms. The van der Waals surface area contributed by atoms with E-state index in [9.17, 15) is 4.79 Å². The highest BCUT2D eigenvalue weighted by atomic mass is 16.5. The van der Waals surface area contributed by atoms with Crippen molar-refractivity contribution in [3.63, 3.8) is 0 Å². The molecule has 0 aliphatic carbocycles. The number of benzene rings is 2. The molecule has 0 saturated carbocycles. The Morgan fingerprint density at radius 2 is 1.87 bits per heavy atom. The number of carbonyl (C=O) groups excluding carboxylic acids is 1. The fraction of sp³-hybridized carbons (Fsp3) is 0.480. The predicted molar refractivity (Wildman–Crippen MR) is 122 cm³/mol. The number of amides is 1. The topological polar surface area (TPSA) is 60.0 Å². The largest absolute Gasteiger partial charge is 0.493 e. The lowest BCUT2D eigenvalue weighted by atomic mass is 10.0. The van der Waals surface area contributed by atoms with Gasteiger partial charge in [-0.1, -0.05) is 18.2 Å². The van der Waals surface area contributed by atoms with Crippen LogP contribution >= 0.6 is 0 Å². The van der Waals surface area contributed by atoms with E-state index in [0.717, 1.165) is 38.1 Å². The fourth-order valence-corrected chi connectivity index (χ4v) is 3.90. The fourth-order valence-electron chi connectivity index (χ4n) is 3.90. The summed E-state index contributed by atoms with van der Waals surface area (Å²) < 4.78 is 17.1.